The molecule has 0 saturated carbocycles. The summed E-state index contributed by atoms with van der Waals surface area (Å²) in [6.45, 7) is 1.70. The number of hydrogen-bond acceptors (Lipinski definition) is 4. The fourth-order valence-electron chi connectivity index (χ4n) is 3.66. The first kappa shape index (κ1) is 19.7. The van der Waals surface area contributed by atoms with Gasteiger partial charge in [0.15, 0.2) is 11.3 Å². The van der Waals surface area contributed by atoms with Crippen molar-refractivity contribution in [3.05, 3.63) is 107 Å². The quantitative estimate of drug-likeness (QED) is 0.434. The minimum absolute atomic E-state index is 0.0345. The third-order valence-corrected chi connectivity index (χ3v) is 5.39. The summed E-state index contributed by atoms with van der Waals surface area (Å²) < 4.78 is 18.8. The highest BCUT2D eigenvalue weighted by atomic mass is 19.1. The lowest BCUT2D eigenvalue weighted by Crippen LogP contribution is -2.38. The zero-order chi connectivity index (χ0) is 21.1. The van der Waals surface area contributed by atoms with Crippen LogP contribution in [-0.2, 0) is 9.53 Å². The van der Waals surface area contributed by atoms with E-state index in [0.29, 0.717) is 11.1 Å². The highest BCUT2D eigenvalue weighted by Crippen LogP contribution is 2.40. The maximum Gasteiger partial charge on any atom is 0.341 e. The van der Waals surface area contributed by atoms with Gasteiger partial charge in [-0.3, -0.25) is 4.79 Å². The predicted molar refractivity (Wildman–Crippen MR) is 112 cm³/mol. The van der Waals surface area contributed by atoms with Gasteiger partial charge in [0, 0.05) is 23.5 Å². The van der Waals surface area contributed by atoms with Crippen molar-refractivity contribution >= 4 is 17.7 Å². The van der Waals surface area contributed by atoms with Crippen molar-refractivity contribution in [3.63, 3.8) is 0 Å². The van der Waals surface area contributed by atoms with E-state index in [2.05, 4.69) is 4.99 Å². The molecule has 1 aliphatic heterocycles. The van der Waals surface area contributed by atoms with Crippen LogP contribution in [0.3, 0.4) is 0 Å². The van der Waals surface area contributed by atoms with E-state index in [1.165, 1.54) is 24.3 Å². The van der Waals surface area contributed by atoms with E-state index < -0.39 is 23.2 Å². The highest BCUT2D eigenvalue weighted by molar-refractivity contribution is 6.08. The fraction of sp³-hybridized carbons (Fsp3) is 0.160. The lowest BCUT2D eigenvalue weighted by atomic mass is 9.77. The van der Waals surface area contributed by atoms with Crippen molar-refractivity contribution in [1.29, 1.82) is 0 Å². The number of hydrogen-bond donors (Lipinski definition) is 0. The Labute approximate surface area is 174 Å². The molecule has 0 amide bonds. The van der Waals surface area contributed by atoms with Crippen molar-refractivity contribution in [2.24, 2.45) is 4.99 Å². The minimum atomic E-state index is -1.26. The first-order valence-electron chi connectivity index (χ1n) is 9.68. The second-order valence-corrected chi connectivity index (χ2v) is 7.42. The Morgan fingerprint density at radius 3 is 2.20 bits per heavy atom. The molecule has 0 aromatic heterocycles. The maximum atomic E-state index is 13.2. The van der Waals surface area contributed by atoms with Crippen molar-refractivity contribution in [2.45, 2.75) is 24.8 Å². The molecule has 0 aliphatic carbocycles. The molecule has 4 rings (SSSR count). The SMILES string of the molecule is C[C@]1([C@H](CC(=O)c2ccc(F)cc2)c2ccccc2)N=C(c2ccccc2)OC1=O. The van der Waals surface area contributed by atoms with Crippen molar-refractivity contribution in [1.82, 2.24) is 0 Å². The number of cyclic esters (lactones) is 1. The molecule has 0 bridgehead atoms. The average Bonchev–Trinajstić information content (AvgIpc) is 3.09. The molecular weight excluding hydrogens is 381 g/mol. The Kier molecular flexibility index (Phi) is 5.27. The van der Waals surface area contributed by atoms with Gasteiger partial charge in [0.2, 0.25) is 5.90 Å². The molecule has 3 aromatic rings. The van der Waals surface area contributed by atoms with E-state index in [0.717, 1.165) is 5.56 Å². The molecule has 5 heteroatoms. The van der Waals surface area contributed by atoms with Gasteiger partial charge >= 0.3 is 5.97 Å². The molecule has 0 saturated heterocycles. The number of carbonyl (C=O) groups is 2. The number of benzene rings is 3. The van der Waals surface area contributed by atoms with Gasteiger partial charge in [0.05, 0.1) is 0 Å². The van der Waals surface area contributed by atoms with Gasteiger partial charge in [0.25, 0.3) is 0 Å². The number of esters is 1. The van der Waals surface area contributed by atoms with Crippen molar-refractivity contribution < 1.29 is 18.7 Å². The molecule has 2 atom stereocenters. The smallest absolute Gasteiger partial charge is 0.341 e. The van der Waals surface area contributed by atoms with Crippen LogP contribution in [0.25, 0.3) is 0 Å². The topological polar surface area (TPSA) is 55.7 Å². The average molecular weight is 401 g/mol. The van der Waals surface area contributed by atoms with Gasteiger partial charge in [-0.1, -0.05) is 48.5 Å². The summed E-state index contributed by atoms with van der Waals surface area (Å²) in [6, 6.07) is 23.9. The van der Waals surface area contributed by atoms with Crippen LogP contribution in [0.5, 0.6) is 0 Å². The number of halogens is 1. The number of rotatable bonds is 6. The first-order valence-corrected chi connectivity index (χ1v) is 9.68. The first-order chi connectivity index (χ1) is 14.5. The molecule has 1 aliphatic rings. The van der Waals surface area contributed by atoms with E-state index >= 15 is 0 Å². The Balaban J connectivity index is 1.72. The van der Waals surface area contributed by atoms with Gasteiger partial charge in [0.1, 0.15) is 5.82 Å². The Morgan fingerprint density at radius 1 is 0.967 bits per heavy atom. The van der Waals surface area contributed by atoms with Crippen LogP contribution in [0.15, 0.2) is 89.9 Å². The van der Waals surface area contributed by atoms with Crippen LogP contribution in [0.1, 0.15) is 40.7 Å². The fourth-order valence-corrected chi connectivity index (χ4v) is 3.66. The minimum Gasteiger partial charge on any atom is -0.405 e. The van der Waals surface area contributed by atoms with Crippen molar-refractivity contribution in [3.8, 4) is 0 Å². The van der Waals surface area contributed by atoms with Crippen LogP contribution in [0.2, 0.25) is 0 Å². The summed E-state index contributed by atoms with van der Waals surface area (Å²) in [7, 11) is 0. The molecule has 0 fully saturated rings. The lowest BCUT2D eigenvalue weighted by Gasteiger charge is -2.28. The number of ketones is 1. The molecule has 0 N–H and O–H groups in total. The van der Waals surface area contributed by atoms with Crippen LogP contribution >= 0.6 is 0 Å². The van der Waals surface area contributed by atoms with E-state index in [1.54, 1.807) is 6.92 Å². The third-order valence-electron chi connectivity index (χ3n) is 5.39. The Bertz CT molecular complexity index is 1090. The van der Waals surface area contributed by atoms with Crippen LogP contribution in [-0.4, -0.2) is 23.2 Å². The summed E-state index contributed by atoms with van der Waals surface area (Å²) in [5.74, 6) is -1.39. The molecule has 150 valence electrons. The summed E-state index contributed by atoms with van der Waals surface area (Å²) in [5, 5.41) is 0. The molecule has 3 aromatic carbocycles. The monoisotopic (exact) mass is 401 g/mol. The van der Waals surface area contributed by atoms with Crippen molar-refractivity contribution in [2.75, 3.05) is 0 Å². The van der Waals surface area contributed by atoms with Crippen LogP contribution < -0.4 is 0 Å². The zero-order valence-electron chi connectivity index (χ0n) is 16.4. The highest BCUT2D eigenvalue weighted by Gasteiger charge is 2.49. The number of nitrogens with zero attached hydrogens (tertiary/aromatic N) is 1. The predicted octanol–water partition coefficient (Wildman–Crippen LogP) is 4.94. The number of carbonyl (C=O) groups excluding carboxylic acids is 2. The van der Waals surface area contributed by atoms with Crippen LogP contribution in [0.4, 0.5) is 4.39 Å². The summed E-state index contributed by atoms with van der Waals surface area (Å²) in [5.41, 5.74) is 0.638. The van der Waals surface area contributed by atoms with E-state index in [-0.39, 0.29) is 18.1 Å². The standard InChI is InChI=1S/C25H20FNO3/c1-25(24(29)30-23(27-25)19-10-6-3-7-11-19)21(17-8-4-2-5-9-17)16-22(28)18-12-14-20(26)15-13-18/h2-15,21H,16H2,1H3/t21-,25-/m1/s1. The van der Waals surface area contributed by atoms with Gasteiger partial charge in [-0.15, -0.1) is 0 Å². The van der Waals surface area contributed by atoms with Gasteiger partial charge in [-0.05, 0) is 48.9 Å². The summed E-state index contributed by atoms with van der Waals surface area (Å²) >= 11 is 0. The number of Topliss-reactive ketones (excluding diaryl/α,β-unsaturated/α-hetero) is 1. The van der Waals surface area contributed by atoms with E-state index in [4.69, 9.17) is 4.74 Å². The molecule has 30 heavy (non-hydrogen) atoms. The third kappa shape index (κ3) is 3.79. The van der Waals surface area contributed by atoms with Crippen LogP contribution in [0, 0.1) is 5.82 Å². The van der Waals surface area contributed by atoms with Gasteiger partial charge < -0.3 is 4.74 Å². The Morgan fingerprint density at radius 2 is 1.57 bits per heavy atom. The second-order valence-electron chi connectivity index (χ2n) is 7.42. The molecule has 0 unspecified atom stereocenters. The molecule has 0 radical (unpaired) electrons. The normalized spacial score (nSPS) is 19.1. The lowest BCUT2D eigenvalue weighted by molar-refractivity contribution is -0.139. The number of ether oxygens (including phenoxy) is 1. The Hall–Kier alpha value is -3.60. The molecule has 0 spiro atoms. The second kappa shape index (κ2) is 8.03. The largest absolute Gasteiger partial charge is 0.405 e. The number of aliphatic imine (C=N–C) groups is 1. The van der Waals surface area contributed by atoms with Gasteiger partial charge in [-0.25, -0.2) is 14.2 Å². The molecular formula is C25H20FNO3. The molecule has 1 heterocycles. The van der Waals surface area contributed by atoms with E-state index in [1.807, 2.05) is 60.7 Å². The molecule has 4 nitrogen and oxygen atoms in total. The maximum absolute atomic E-state index is 13.2. The van der Waals surface area contributed by atoms with Gasteiger partial charge in [-0.2, -0.15) is 0 Å². The van der Waals surface area contributed by atoms with E-state index in [9.17, 15) is 14.0 Å². The summed E-state index contributed by atoms with van der Waals surface area (Å²) in [6.07, 6.45) is 0.0345. The summed E-state index contributed by atoms with van der Waals surface area (Å²) in [4.78, 5) is 30.6. The zero-order valence-corrected chi connectivity index (χ0v) is 16.4.